The van der Waals surface area contributed by atoms with Crippen LogP contribution in [0.25, 0.3) is 11.4 Å². The number of amides is 1. The van der Waals surface area contributed by atoms with Gasteiger partial charge in [-0.3, -0.25) is 14.7 Å². The first-order chi connectivity index (χ1) is 17.1. The number of amidine groups is 1. The summed E-state index contributed by atoms with van der Waals surface area (Å²) in [4.78, 5) is 28.0. The number of likely N-dealkylation sites (tertiary alicyclic amines) is 1. The normalized spacial score (nSPS) is 21.1. The fraction of sp³-hybridized carbons (Fsp3) is 0.538. The molecule has 1 amide bonds. The number of rotatable bonds is 5. The maximum absolute atomic E-state index is 12.3. The summed E-state index contributed by atoms with van der Waals surface area (Å²) >= 11 is 0. The third kappa shape index (κ3) is 5.01. The van der Waals surface area contributed by atoms with E-state index in [2.05, 4.69) is 19.9 Å². The van der Waals surface area contributed by atoms with Crippen molar-refractivity contribution >= 4 is 18.1 Å². The molecule has 0 bridgehead atoms. The van der Waals surface area contributed by atoms with Crippen LogP contribution in [0.1, 0.15) is 51.3 Å². The Bertz CT molecular complexity index is 1170. The molecular formula is C26H37N7O3. The Morgan fingerprint density at radius 1 is 1.36 bits per heavy atom. The lowest BCUT2D eigenvalue weighted by molar-refractivity contribution is -0.133. The average molecular weight is 496 g/mol. The molecule has 36 heavy (non-hydrogen) atoms. The van der Waals surface area contributed by atoms with Gasteiger partial charge in [-0.25, -0.2) is 9.98 Å². The number of hydrogen-bond donors (Lipinski definition) is 3. The smallest absolute Gasteiger partial charge is 0.239 e. The van der Waals surface area contributed by atoms with Gasteiger partial charge in [-0.05, 0) is 58.4 Å². The van der Waals surface area contributed by atoms with Gasteiger partial charge in [0.1, 0.15) is 23.9 Å². The Morgan fingerprint density at radius 2 is 2.14 bits per heavy atom. The van der Waals surface area contributed by atoms with Gasteiger partial charge in [0, 0.05) is 31.7 Å². The maximum Gasteiger partial charge on any atom is 0.239 e. The molecular weight excluding hydrogens is 458 g/mol. The van der Waals surface area contributed by atoms with E-state index in [1.807, 2.05) is 57.0 Å². The van der Waals surface area contributed by atoms with E-state index in [0.717, 1.165) is 29.1 Å². The van der Waals surface area contributed by atoms with Crippen LogP contribution in [-0.4, -0.2) is 82.1 Å². The number of nitrogens with one attached hydrogen (secondary N) is 1. The lowest BCUT2D eigenvalue weighted by Crippen LogP contribution is -2.59. The van der Waals surface area contributed by atoms with Crippen LogP contribution in [0.15, 0.2) is 34.4 Å². The number of piperidine rings is 1. The first-order valence-electron chi connectivity index (χ1n) is 12.5. The molecule has 4 rings (SSSR count). The molecule has 2 aromatic rings. The number of imidazole rings is 1. The number of carbonyl (C=O) groups excluding carboxylic acids is 1. The second-order valence-corrected chi connectivity index (χ2v) is 10.1. The molecule has 2 aliphatic rings. The van der Waals surface area contributed by atoms with Gasteiger partial charge in [-0.2, -0.15) is 0 Å². The minimum Gasteiger partial charge on any atom is -0.491 e. The summed E-state index contributed by atoms with van der Waals surface area (Å²) < 4.78 is 8.16. The predicted octanol–water partition coefficient (Wildman–Crippen LogP) is 1.76. The van der Waals surface area contributed by atoms with E-state index in [-0.39, 0.29) is 17.9 Å². The molecule has 1 aromatic heterocycles. The van der Waals surface area contributed by atoms with Crippen molar-refractivity contribution in [3.8, 4) is 17.1 Å². The van der Waals surface area contributed by atoms with Crippen molar-refractivity contribution in [3.63, 3.8) is 0 Å². The van der Waals surface area contributed by atoms with Gasteiger partial charge in [-0.15, -0.1) is 0 Å². The quantitative estimate of drug-likeness (QED) is 0.428. The summed E-state index contributed by atoms with van der Waals surface area (Å²) in [5.41, 5.74) is 7.44. The van der Waals surface area contributed by atoms with Crippen LogP contribution in [0.2, 0.25) is 0 Å². The lowest BCUT2D eigenvalue weighted by Gasteiger charge is -2.44. The number of hydrogen-bond acceptors (Lipinski definition) is 6. The number of fused-ring (bicyclic) bond motifs is 3. The zero-order valence-electron chi connectivity index (χ0n) is 21.7. The molecule has 0 saturated carbocycles. The highest BCUT2D eigenvalue weighted by atomic mass is 16.5. The first-order valence-corrected chi connectivity index (χ1v) is 12.5. The Balaban J connectivity index is 1.60. The number of benzene rings is 1. The van der Waals surface area contributed by atoms with Gasteiger partial charge in [0.15, 0.2) is 5.84 Å². The monoisotopic (exact) mass is 495 g/mol. The summed E-state index contributed by atoms with van der Waals surface area (Å²) in [5, 5.41) is 13.8. The van der Waals surface area contributed by atoms with Crippen molar-refractivity contribution in [1.82, 2.24) is 19.8 Å². The van der Waals surface area contributed by atoms with Crippen LogP contribution in [0.5, 0.6) is 5.75 Å². The van der Waals surface area contributed by atoms with E-state index in [9.17, 15) is 9.90 Å². The Morgan fingerprint density at radius 3 is 2.81 bits per heavy atom. The summed E-state index contributed by atoms with van der Waals surface area (Å²) in [6.07, 6.45) is 3.32. The number of aromatic nitrogens is 2. The number of aliphatic imine (C=N–C) groups is 2. The molecule has 0 spiro atoms. The lowest BCUT2D eigenvalue weighted by atomic mass is 9.84. The third-order valence-corrected chi connectivity index (χ3v) is 7.00. The second-order valence-electron chi connectivity index (χ2n) is 10.1. The Kier molecular flexibility index (Phi) is 7.46. The zero-order chi connectivity index (χ0) is 26.0. The number of aliphatic hydroxyl groups excluding tert-OH is 1. The highest BCUT2D eigenvalue weighted by Gasteiger charge is 2.40. The number of carbonyl (C=O) groups is 1. The fourth-order valence-corrected chi connectivity index (χ4v) is 5.00. The molecule has 2 atom stereocenters. The summed E-state index contributed by atoms with van der Waals surface area (Å²) in [6.45, 7) is 10.0. The van der Waals surface area contributed by atoms with Crippen LogP contribution in [-0.2, 0) is 11.3 Å². The summed E-state index contributed by atoms with van der Waals surface area (Å²) in [7, 11) is 1.64. The van der Waals surface area contributed by atoms with Crippen LogP contribution < -0.4 is 15.8 Å². The number of nitrogens with zero attached hydrogens (tertiary/aromatic N) is 5. The number of ether oxygens (including phenoxy) is 1. The van der Waals surface area contributed by atoms with Gasteiger partial charge < -0.3 is 25.5 Å². The van der Waals surface area contributed by atoms with E-state index >= 15 is 0 Å². The van der Waals surface area contributed by atoms with Crippen molar-refractivity contribution < 1.29 is 14.6 Å². The van der Waals surface area contributed by atoms with E-state index in [0.29, 0.717) is 37.8 Å². The Labute approximate surface area is 212 Å². The van der Waals surface area contributed by atoms with Crippen LogP contribution >= 0.6 is 0 Å². The maximum atomic E-state index is 12.3. The molecule has 10 nitrogen and oxygen atoms in total. The van der Waals surface area contributed by atoms with E-state index in [1.54, 1.807) is 7.05 Å². The van der Waals surface area contributed by atoms with Gasteiger partial charge in [0.2, 0.25) is 5.91 Å². The number of likely N-dealkylation sites (N-methyl/N-ethyl adjacent to an activating group) is 1. The average Bonchev–Trinajstić information content (AvgIpc) is 3.19. The molecule has 3 heterocycles. The number of nitrogens with two attached hydrogens (primary N) is 1. The van der Waals surface area contributed by atoms with Crippen LogP contribution in [0, 0.1) is 0 Å². The topological polar surface area (TPSA) is 130 Å². The van der Waals surface area contributed by atoms with Crippen LogP contribution in [0.3, 0.4) is 0 Å². The molecule has 0 radical (unpaired) electrons. The largest absolute Gasteiger partial charge is 0.491 e. The van der Waals surface area contributed by atoms with Crippen molar-refractivity contribution in [3.05, 3.63) is 35.7 Å². The molecule has 194 valence electrons. The van der Waals surface area contributed by atoms with E-state index < -0.39 is 11.6 Å². The first kappa shape index (κ1) is 25.8. The van der Waals surface area contributed by atoms with Crippen molar-refractivity contribution in [2.75, 3.05) is 26.7 Å². The molecule has 1 saturated heterocycles. The zero-order valence-corrected chi connectivity index (χ0v) is 21.7. The molecule has 4 N–H and O–H groups in total. The minimum atomic E-state index is -0.683. The highest BCUT2D eigenvalue weighted by Crippen LogP contribution is 2.38. The number of aliphatic hydroxyl groups is 1. The summed E-state index contributed by atoms with van der Waals surface area (Å²) in [5.74, 6) is 1.93. The molecule has 2 aliphatic heterocycles. The molecule has 1 fully saturated rings. The highest BCUT2D eigenvalue weighted by molar-refractivity contribution is 6.01. The van der Waals surface area contributed by atoms with Crippen molar-refractivity contribution in [1.29, 1.82) is 0 Å². The molecule has 0 aliphatic carbocycles. The minimum absolute atomic E-state index is 0.0436. The van der Waals surface area contributed by atoms with Gasteiger partial charge in [-0.1, -0.05) is 6.07 Å². The van der Waals surface area contributed by atoms with Gasteiger partial charge in [0.05, 0.1) is 30.1 Å². The van der Waals surface area contributed by atoms with E-state index in [1.165, 1.54) is 6.34 Å². The second kappa shape index (κ2) is 10.4. The Hall–Kier alpha value is -3.24. The predicted molar refractivity (Wildman–Crippen MR) is 141 cm³/mol. The SMILES string of the molecule is CNC(=O)C(C)(C)N1CCC(c2ccc3c(c2)OCCn2cc(C(N=CN)=NC(C)C)nc2-3)C(O)C1. The molecule has 2 unspecified atom stereocenters. The van der Waals surface area contributed by atoms with Crippen molar-refractivity contribution in [2.24, 2.45) is 15.7 Å². The van der Waals surface area contributed by atoms with Gasteiger partial charge in [0.25, 0.3) is 0 Å². The number of β-amino-alcohol motifs (C(OH)–C–C–N with tert-alkyl or cyclic N) is 1. The summed E-state index contributed by atoms with van der Waals surface area (Å²) in [6, 6.07) is 6.13. The molecule has 1 aromatic carbocycles. The van der Waals surface area contributed by atoms with Crippen LogP contribution in [0.4, 0.5) is 0 Å². The van der Waals surface area contributed by atoms with Gasteiger partial charge >= 0.3 is 0 Å². The molecule has 10 heteroatoms. The third-order valence-electron chi connectivity index (χ3n) is 7.00. The van der Waals surface area contributed by atoms with E-state index in [4.69, 9.17) is 15.5 Å². The van der Waals surface area contributed by atoms with Crippen molar-refractivity contribution in [2.45, 2.75) is 64.3 Å². The fourth-order valence-electron chi connectivity index (χ4n) is 5.00. The standard InChI is InChI=1S/C26H37N7O3/c1-16(2)30-23(29-15-27)20-13-32-10-11-36-22-12-17(6-7-19(22)24(32)31-20)18-8-9-33(14-21(18)34)26(3,4)25(35)28-5/h6-7,12-13,15-16,18,21,34H,8-11,14H2,1-5H3,(H,28,35)(H2,27,29,30).